The summed E-state index contributed by atoms with van der Waals surface area (Å²) in [7, 11) is -3.25. The fourth-order valence-electron chi connectivity index (χ4n) is 5.89. The predicted molar refractivity (Wildman–Crippen MR) is 144 cm³/mol. The zero-order valence-electron chi connectivity index (χ0n) is 23.0. The molecule has 2 aromatic heterocycles. The molecule has 0 radical (unpaired) electrons. The molecule has 6 rings (SSSR count). The third-order valence-corrected chi connectivity index (χ3v) is 9.41. The fraction of sp³-hybridized carbons (Fsp3) is 0.444. The first-order valence-corrected chi connectivity index (χ1v) is 15.1. The van der Waals surface area contributed by atoms with Crippen LogP contribution in [-0.4, -0.2) is 70.3 Å². The molecule has 2 amide bonds. The minimum atomic E-state index is -3.25. The Bertz CT molecular complexity index is 1620. The van der Waals surface area contributed by atoms with Gasteiger partial charge in [-0.25, -0.2) is 31.5 Å². The molecule has 1 aliphatic carbocycles. The van der Waals surface area contributed by atoms with Gasteiger partial charge in [-0.05, 0) is 39.0 Å². The molecule has 15 heteroatoms. The van der Waals surface area contributed by atoms with Gasteiger partial charge in [-0.1, -0.05) is 11.3 Å². The van der Waals surface area contributed by atoms with E-state index in [0.29, 0.717) is 5.69 Å². The van der Waals surface area contributed by atoms with Gasteiger partial charge in [0.15, 0.2) is 9.84 Å². The number of ether oxygens (including phenoxy) is 2. The summed E-state index contributed by atoms with van der Waals surface area (Å²) < 4.78 is 67.2. The van der Waals surface area contributed by atoms with Crippen molar-refractivity contribution in [2.24, 2.45) is 11.8 Å². The van der Waals surface area contributed by atoms with E-state index in [1.165, 1.54) is 29.2 Å². The second kappa shape index (κ2) is 9.71. The zero-order valence-corrected chi connectivity index (χ0v) is 23.8. The van der Waals surface area contributed by atoms with Gasteiger partial charge in [-0.3, -0.25) is 9.88 Å². The van der Waals surface area contributed by atoms with E-state index in [2.05, 4.69) is 20.6 Å². The first kappa shape index (κ1) is 28.0. The van der Waals surface area contributed by atoms with E-state index in [1.54, 1.807) is 27.0 Å². The molecule has 12 nitrogen and oxygen atoms in total. The van der Waals surface area contributed by atoms with Crippen molar-refractivity contribution in [1.82, 2.24) is 25.3 Å². The standard InChI is InChI=1S/C27H28F2N6O6S/c1-26(2,3)41-24(36)32-27(18-13-42(38,39)14-19(18)27)22-5-4-15(10-30-22)23-20(28)8-16(9-21(23)29)35-12-17(40-25(35)37)11-34-7-6-31-33-34/h4-10,17-19H,11-14H2,1-3H3,(H,32,36)/t17-,18-,19+,27?/m0/s1. The molecular formula is C27H28F2N6O6S. The highest BCUT2D eigenvalue weighted by Gasteiger charge is 2.73. The number of hydrogen-bond acceptors (Lipinski definition) is 9. The van der Waals surface area contributed by atoms with Crippen LogP contribution in [0.4, 0.5) is 24.1 Å². The number of anilines is 1. The topological polar surface area (TPSA) is 146 Å². The molecule has 1 N–H and O–H groups in total. The van der Waals surface area contributed by atoms with Crippen LogP contribution in [0.3, 0.4) is 0 Å². The maximum atomic E-state index is 15.3. The maximum Gasteiger partial charge on any atom is 0.414 e. The lowest BCUT2D eigenvalue weighted by atomic mass is 10.0. The second-order valence-electron chi connectivity index (χ2n) is 11.7. The largest absolute Gasteiger partial charge is 0.444 e. The lowest BCUT2D eigenvalue weighted by Gasteiger charge is -2.26. The van der Waals surface area contributed by atoms with Crippen LogP contribution in [0.1, 0.15) is 26.5 Å². The Morgan fingerprint density at radius 2 is 1.88 bits per heavy atom. The number of aromatic nitrogens is 4. The molecule has 2 aliphatic heterocycles. The SMILES string of the molecule is CC(C)(C)OC(=O)NC1(c2ccc(-c3c(F)cc(N4C[C@H](Cn5ccnn5)OC4=O)cc3F)cn2)[C@@H]2CS(=O)(=O)C[C@@H]21. The normalized spacial score (nSPS) is 26.1. The van der Waals surface area contributed by atoms with E-state index in [9.17, 15) is 18.0 Å². The highest BCUT2D eigenvalue weighted by atomic mass is 32.2. The number of amides is 2. The Hall–Kier alpha value is -4.14. The van der Waals surface area contributed by atoms with E-state index in [-0.39, 0.29) is 41.4 Å². The number of carbonyl (C=O) groups is 2. The van der Waals surface area contributed by atoms with E-state index in [0.717, 1.165) is 17.0 Å². The molecular weight excluding hydrogens is 574 g/mol. The number of hydrogen-bond donors (Lipinski definition) is 1. The Labute approximate surface area is 239 Å². The molecule has 4 heterocycles. The van der Waals surface area contributed by atoms with Crippen LogP contribution in [0, 0.1) is 23.5 Å². The summed E-state index contributed by atoms with van der Waals surface area (Å²) in [4.78, 5) is 30.7. The monoisotopic (exact) mass is 602 g/mol. The molecule has 0 spiro atoms. The molecule has 4 atom stereocenters. The number of rotatable bonds is 6. The van der Waals surface area contributed by atoms with Crippen LogP contribution in [-0.2, 0) is 31.4 Å². The molecule has 1 aromatic carbocycles. The molecule has 222 valence electrons. The molecule has 0 bridgehead atoms. The number of cyclic esters (lactones) is 1. The predicted octanol–water partition coefficient (Wildman–Crippen LogP) is 3.04. The molecule has 1 saturated carbocycles. The number of nitrogens with zero attached hydrogens (tertiary/aromatic N) is 5. The molecule has 3 fully saturated rings. The van der Waals surface area contributed by atoms with Gasteiger partial charge in [-0.15, -0.1) is 5.10 Å². The van der Waals surface area contributed by atoms with Crippen molar-refractivity contribution in [2.45, 2.75) is 44.6 Å². The summed E-state index contributed by atoms with van der Waals surface area (Å²) in [5.74, 6) is -2.84. The van der Waals surface area contributed by atoms with Crippen LogP contribution in [0.5, 0.6) is 0 Å². The Kier molecular flexibility index (Phi) is 6.48. The van der Waals surface area contributed by atoms with Crippen LogP contribution >= 0.6 is 0 Å². The van der Waals surface area contributed by atoms with Gasteiger partial charge in [0.25, 0.3) is 0 Å². The van der Waals surface area contributed by atoms with Gasteiger partial charge in [0.2, 0.25) is 0 Å². The fourth-order valence-corrected chi connectivity index (χ4v) is 8.12. The maximum absolute atomic E-state index is 15.3. The quantitative estimate of drug-likeness (QED) is 0.450. The molecule has 42 heavy (non-hydrogen) atoms. The number of halogens is 2. The van der Waals surface area contributed by atoms with Crippen molar-refractivity contribution in [2.75, 3.05) is 23.0 Å². The van der Waals surface area contributed by atoms with Gasteiger partial charge in [0, 0.05) is 29.8 Å². The van der Waals surface area contributed by atoms with Crippen LogP contribution in [0.25, 0.3) is 11.1 Å². The van der Waals surface area contributed by atoms with Crippen molar-refractivity contribution in [3.05, 3.63) is 60.2 Å². The number of benzene rings is 1. The minimum absolute atomic E-state index is 0.00283. The van der Waals surface area contributed by atoms with Crippen molar-refractivity contribution in [1.29, 1.82) is 0 Å². The van der Waals surface area contributed by atoms with Crippen LogP contribution < -0.4 is 10.2 Å². The Morgan fingerprint density at radius 1 is 1.19 bits per heavy atom. The average molecular weight is 603 g/mol. The van der Waals surface area contributed by atoms with Gasteiger partial charge >= 0.3 is 12.2 Å². The van der Waals surface area contributed by atoms with Crippen molar-refractivity contribution in [3.8, 4) is 11.1 Å². The molecule has 1 unspecified atom stereocenters. The lowest BCUT2D eigenvalue weighted by Crippen LogP contribution is -2.44. The average Bonchev–Trinajstić information content (AvgIpc) is 3.36. The zero-order chi connectivity index (χ0) is 30.0. The number of sulfone groups is 1. The third-order valence-electron chi connectivity index (χ3n) is 7.67. The Balaban J connectivity index is 1.23. The number of carbonyl (C=O) groups excluding carboxylic acids is 2. The van der Waals surface area contributed by atoms with E-state index >= 15 is 8.78 Å². The highest BCUT2D eigenvalue weighted by molar-refractivity contribution is 7.91. The summed E-state index contributed by atoms with van der Waals surface area (Å²) in [5.41, 5.74) is -1.69. The van der Waals surface area contributed by atoms with Gasteiger partial charge in [0.05, 0.1) is 53.3 Å². The summed E-state index contributed by atoms with van der Waals surface area (Å²) >= 11 is 0. The summed E-state index contributed by atoms with van der Waals surface area (Å²) in [6, 6.07) is 5.08. The Morgan fingerprint density at radius 3 is 2.45 bits per heavy atom. The van der Waals surface area contributed by atoms with Crippen LogP contribution in [0.15, 0.2) is 42.9 Å². The van der Waals surface area contributed by atoms with Crippen LogP contribution in [0.2, 0.25) is 0 Å². The molecule has 2 saturated heterocycles. The molecule has 3 aromatic rings. The van der Waals surface area contributed by atoms with Gasteiger partial charge < -0.3 is 14.8 Å². The number of nitrogens with one attached hydrogen (secondary N) is 1. The lowest BCUT2D eigenvalue weighted by molar-refractivity contribution is 0.0484. The van der Waals surface area contributed by atoms with E-state index in [1.807, 2.05) is 0 Å². The van der Waals surface area contributed by atoms with Crippen molar-refractivity contribution < 1.29 is 36.3 Å². The first-order valence-electron chi connectivity index (χ1n) is 13.3. The van der Waals surface area contributed by atoms with Gasteiger partial charge in [0.1, 0.15) is 23.3 Å². The summed E-state index contributed by atoms with van der Waals surface area (Å²) in [6.07, 6.45) is 2.33. The summed E-state index contributed by atoms with van der Waals surface area (Å²) in [6.45, 7) is 5.44. The highest BCUT2D eigenvalue weighted by Crippen LogP contribution is 2.62. The smallest absolute Gasteiger partial charge is 0.414 e. The second-order valence-corrected chi connectivity index (χ2v) is 13.9. The molecule has 3 aliphatic rings. The number of fused-ring (bicyclic) bond motifs is 1. The van der Waals surface area contributed by atoms with E-state index < -0.39 is 62.7 Å². The third kappa shape index (κ3) is 5.05. The van der Waals surface area contributed by atoms with Gasteiger partial charge in [-0.2, -0.15) is 0 Å². The van der Waals surface area contributed by atoms with Crippen molar-refractivity contribution >= 4 is 27.7 Å². The number of pyridine rings is 1. The van der Waals surface area contributed by atoms with E-state index in [4.69, 9.17) is 9.47 Å². The minimum Gasteiger partial charge on any atom is -0.444 e. The number of alkyl carbamates (subject to hydrolysis) is 1. The first-order chi connectivity index (χ1) is 19.8. The van der Waals surface area contributed by atoms with Crippen molar-refractivity contribution in [3.63, 3.8) is 0 Å². The summed E-state index contributed by atoms with van der Waals surface area (Å²) in [5, 5.41) is 10.4.